The summed E-state index contributed by atoms with van der Waals surface area (Å²) in [5.74, 6) is 0.752. The molecule has 0 bridgehead atoms. The van der Waals surface area contributed by atoms with E-state index in [1.165, 1.54) is 0 Å². The third-order valence-corrected chi connectivity index (χ3v) is 2.55. The average Bonchev–Trinajstić information content (AvgIpc) is 2.37. The zero-order chi connectivity index (χ0) is 12.3. The molecule has 3 heteroatoms. The highest BCUT2D eigenvalue weighted by Crippen LogP contribution is 2.29. The Balaban J connectivity index is 2.59. The topological polar surface area (TPSA) is 39.2 Å². The van der Waals surface area contributed by atoms with Crippen LogP contribution in [0.2, 0.25) is 0 Å². The lowest BCUT2D eigenvalue weighted by Crippen LogP contribution is -1.91. The zero-order valence-electron chi connectivity index (χ0n) is 9.81. The summed E-state index contributed by atoms with van der Waals surface area (Å²) in [7, 11) is 1.62. The first-order valence-electron chi connectivity index (χ1n) is 5.30. The van der Waals surface area contributed by atoms with E-state index in [1.54, 1.807) is 25.6 Å². The predicted molar refractivity (Wildman–Crippen MR) is 66.3 cm³/mol. The van der Waals surface area contributed by atoms with Crippen LogP contribution in [0.5, 0.6) is 5.75 Å². The van der Waals surface area contributed by atoms with Gasteiger partial charge in [-0.3, -0.25) is 9.78 Å². The molecule has 1 aromatic heterocycles. The van der Waals surface area contributed by atoms with Gasteiger partial charge in [0.05, 0.1) is 7.11 Å². The molecule has 0 atom stereocenters. The second-order valence-electron chi connectivity index (χ2n) is 3.83. The van der Waals surface area contributed by atoms with Gasteiger partial charge < -0.3 is 4.74 Å². The van der Waals surface area contributed by atoms with Gasteiger partial charge in [0.2, 0.25) is 0 Å². The minimum absolute atomic E-state index is 0.658. The number of ether oxygens (including phenoxy) is 1. The highest BCUT2D eigenvalue weighted by Gasteiger charge is 2.07. The number of aryl methyl sites for hydroxylation is 1. The van der Waals surface area contributed by atoms with Crippen molar-refractivity contribution < 1.29 is 9.53 Å². The van der Waals surface area contributed by atoms with Gasteiger partial charge in [0.25, 0.3) is 0 Å². The first-order valence-corrected chi connectivity index (χ1v) is 5.30. The van der Waals surface area contributed by atoms with Crippen LogP contribution >= 0.6 is 0 Å². The van der Waals surface area contributed by atoms with E-state index < -0.39 is 0 Å². The molecule has 0 saturated heterocycles. The molecule has 2 rings (SSSR count). The van der Waals surface area contributed by atoms with Gasteiger partial charge in [-0.25, -0.2) is 0 Å². The number of nitrogens with zero attached hydrogens (tertiary/aromatic N) is 1. The van der Waals surface area contributed by atoms with Crippen LogP contribution < -0.4 is 4.74 Å². The number of methoxy groups -OCH3 is 1. The summed E-state index contributed by atoms with van der Waals surface area (Å²) >= 11 is 0. The van der Waals surface area contributed by atoms with Gasteiger partial charge in [-0.2, -0.15) is 0 Å². The molecular formula is C14H13NO2. The number of hydrogen-bond acceptors (Lipinski definition) is 3. The maximum atomic E-state index is 10.8. The summed E-state index contributed by atoms with van der Waals surface area (Å²) in [4.78, 5) is 14.9. The first kappa shape index (κ1) is 11.3. The number of aromatic nitrogens is 1. The van der Waals surface area contributed by atoms with Crippen molar-refractivity contribution >= 4 is 6.29 Å². The van der Waals surface area contributed by atoms with E-state index in [4.69, 9.17) is 4.74 Å². The molecule has 0 aliphatic carbocycles. The van der Waals surface area contributed by atoms with Gasteiger partial charge in [-0.15, -0.1) is 0 Å². The quantitative estimate of drug-likeness (QED) is 0.757. The molecule has 0 aliphatic heterocycles. The number of rotatable bonds is 3. The Kier molecular flexibility index (Phi) is 3.19. The van der Waals surface area contributed by atoms with Crippen molar-refractivity contribution in [3.05, 3.63) is 47.8 Å². The second kappa shape index (κ2) is 4.78. The van der Waals surface area contributed by atoms with Crippen molar-refractivity contribution in [2.75, 3.05) is 7.11 Å². The summed E-state index contributed by atoms with van der Waals surface area (Å²) < 4.78 is 5.28. The Bertz CT molecular complexity index is 550. The van der Waals surface area contributed by atoms with Crippen LogP contribution in [0.3, 0.4) is 0 Å². The van der Waals surface area contributed by atoms with E-state index in [-0.39, 0.29) is 0 Å². The molecule has 17 heavy (non-hydrogen) atoms. The smallest absolute Gasteiger partial charge is 0.150 e. The summed E-state index contributed by atoms with van der Waals surface area (Å²) in [6, 6.07) is 7.49. The fraction of sp³-hybridized carbons (Fsp3) is 0.143. The molecule has 1 heterocycles. The van der Waals surface area contributed by atoms with Gasteiger partial charge in [0, 0.05) is 23.5 Å². The number of carbonyl (C=O) groups is 1. The maximum absolute atomic E-state index is 10.8. The van der Waals surface area contributed by atoms with Crippen molar-refractivity contribution in [1.29, 1.82) is 0 Å². The number of carbonyl (C=O) groups excluding carboxylic acids is 1. The molecule has 0 unspecified atom stereocenters. The van der Waals surface area contributed by atoms with Crippen molar-refractivity contribution in [2.24, 2.45) is 0 Å². The van der Waals surface area contributed by atoms with Crippen LogP contribution in [-0.2, 0) is 0 Å². The molecule has 0 fully saturated rings. The largest absolute Gasteiger partial charge is 0.496 e. The third kappa shape index (κ3) is 2.33. The normalized spacial score (nSPS) is 10.0. The molecule has 0 saturated carbocycles. The standard InChI is InChI=1S/C14H13NO2/c1-10-5-11(9-16)7-12(6-10)13-8-15-4-3-14(13)17-2/h3-9H,1-2H3. The summed E-state index contributed by atoms with van der Waals surface area (Å²) in [5, 5.41) is 0. The van der Waals surface area contributed by atoms with E-state index in [9.17, 15) is 4.79 Å². The van der Waals surface area contributed by atoms with Crippen LogP contribution in [0.25, 0.3) is 11.1 Å². The lowest BCUT2D eigenvalue weighted by molar-refractivity contribution is 0.112. The molecule has 0 aliphatic rings. The summed E-state index contributed by atoms with van der Waals surface area (Å²) in [5.41, 5.74) is 3.53. The Morgan fingerprint density at radius 3 is 2.82 bits per heavy atom. The molecular weight excluding hydrogens is 214 g/mol. The molecule has 1 aromatic carbocycles. The van der Waals surface area contributed by atoms with Crippen LogP contribution in [0.15, 0.2) is 36.7 Å². The van der Waals surface area contributed by atoms with Crippen LogP contribution in [0.1, 0.15) is 15.9 Å². The zero-order valence-corrected chi connectivity index (χ0v) is 9.81. The second-order valence-corrected chi connectivity index (χ2v) is 3.83. The van der Waals surface area contributed by atoms with E-state index in [0.717, 1.165) is 28.7 Å². The van der Waals surface area contributed by atoms with Crippen molar-refractivity contribution in [2.45, 2.75) is 6.92 Å². The molecule has 0 amide bonds. The number of hydrogen-bond donors (Lipinski definition) is 0. The van der Waals surface area contributed by atoms with E-state index in [0.29, 0.717) is 5.56 Å². The number of pyridine rings is 1. The lowest BCUT2D eigenvalue weighted by atomic mass is 10.0. The fourth-order valence-corrected chi connectivity index (χ4v) is 1.81. The average molecular weight is 227 g/mol. The summed E-state index contributed by atoms with van der Waals surface area (Å²) in [6.07, 6.45) is 4.26. The van der Waals surface area contributed by atoms with Gasteiger partial charge in [-0.1, -0.05) is 6.07 Å². The van der Waals surface area contributed by atoms with Crippen molar-refractivity contribution in [1.82, 2.24) is 4.98 Å². The minimum atomic E-state index is 0.658. The van der Waals surface area contributed by atoms with Crippen LogP contribution in [0.4, 0.5) is 0 Å². The van der Waals surface area contributed by atoms with Crippen LogP contribution in [0, 0.1) is 6.92 Å². The third-order valence-electron chi connectivity index (χ3n) is 2.55. The molecule has 0 N–H and O–H groups in total. The highest BCUT2D eigenvalue weighted by atomic mass is 16.5. The van der Waals surface area contributed by atoms with Crippen molar-refractivity contribution in [3.8, 4) is 16.9 Å². The SMILES string of the molecule is COc1ccncc1-c1cc(C)cc(C=O)c1. The number of aldehydes is 1. The highest BCUT2D eigenvalue weighted by molar-refractivity contribution is 5.80. The molecule has 0 spiro atoms. The van der Waals surface area contributed by atoms with Gasteiger partial charge in [0.15, 0.2) is 0 Å². The monoisotopic (exact) mass is 227 g/mol. The maximum Gasteiger partial charge on any atom is 0.150 e. The minimum Gasteiger partial charge on any atom is -0.496 e. The summed E-state index contributed by atoms with van der Waals surface area (Å²) in [6.45, 7) is 1.96. The fourth-order valence-electron chi connectivity index (χ4n) is 1.81. The predicted octanol–water partition coefficient (Wildman–Crippen LogP) is 2.88. The Hall–Kier alpha value is -2.16. The van der Waals surface area contributed by atoms with E-state index in [1.807, 2.05) is 25.1 Å². The molecule has 3 nitrogen and oxygen atoms in total. The van der Waals surface area contributed by atoms with Crippen molar-refractivity contribution in [3.63, 3.8) is 0 Å². The molecule has 2 aromatic rings. The Morgan fingerprint density at radius 1 is 1.29 bits per heavy atom. The van der Waals surface area contributed by atoms with E-state index in [2.05, 4.69) is 4.98 Å². The number of benzene rings is 1. The van der Waals surface area contributed by atoms with Gasteiger partial charge in [-0.05, 0) is 36.2 Å². The first-order chi connectivity index (χ1) is 8.24. The Labute approximate surface area is 100 Å². The van der Waals surface area contributed by atoms with Gasteiger partial charge >= 0.3 is 0 Å². The van der Waals surface area contributed by atoms with E-state index >= 15 is 0 Å². The van der Waals surface area contributed by atoms with Crippen LogP contribution in [-0.4, -0.2) is 18.4 Å². The lowest BCUT2D eigenvalue weighted by Gasteiger charge is -2.09. The van der Waals surface area contributed by atoms with Gasteiger partial charge in [0.1, 0.15) is 12.0 Å². The molecule has 86 valence electrons. The Morgan fingerprint density at radius 2 is 2.12 bits per heavy atom. The molecule has 0 radical (unpaired) electrons.